The number of aromatic nitrogens is 2. The third-order valence-electron chi connectivity index (χ3n) is 5.78. The van der Waals surface area contributed by atoms with Gasteiger partial charge in [0, 0.05) is 23.1 Å². The molecule has 1 aromatic heterocycles. The normalized spacial score (nSPS) is 15.5. The van der Waals surface area contributed by atoms with Crippen LogP contribution in [0.3, 0.4) is 0 Å². The van der Waals surface area contributed by atoms with Gasteiger partial charge in [-0.3, -0.25) is 14.2 Å². The lowest BCUT2D eigenvalue weighted by atomic mass is 9.96. The second-order valence-electron chi connectivity index (χ2n) is 7.56. The molecule has 1 atom stereocenters. The Balaban J connectivity index is 1.71. The lowest BCUT2D eigenvalue weighted by Crippen LogP contribution is -2.31. The first-order chi connectivity index (χ1) is 15.1. The summed E-state index contributed by atoms with van der Waals surface area (Å²) < 4.78 is 2.57. The van der Waals surface area contributed by atoms with E-state index >= 15 is 0 Å². The van der Waals surface area contributed by atoms with Gasteiger partial charge in [-0.05, 0) is 55.0 Å². The molecule has 1 aliphatic heterocycles. The fourth-order valence-electron chi connectivity index (χ4n) is 4.36. The van der Waals surface area contributed by atoms with Crippen molar-refractivity contribution in [2.45, 2.75) is 19.3 Å². The molecule has 4 aromatic rings. The van der Waals surface area contributed by atoms with Crippen LogP contribution < -0.4 is 10.5 Å². The Morgan fingerprint density at radius 3 is 2.48 bits per heavy atom. The van der Waals surface area contributed by atoms with Crippen LogP contribution in [0.15, 0.2) is 82.1 Å². The lowest BCUT2D eigenvalue weighted by molar-refractivity contribution is -0.119. The molecular weight excluding hydrogens is 454 g/mol. The van der Waals surface area contributed by atoms with Crippen molar-refractivity contribution in [3.8, 4) is 5.69 Å². The number of carbonyl (C=O) groups excluding carboxylic acids is 1. The lowest BCUT2D eigenvalue weighted by Gasteiger charge is -2.17. The van der Waals surface area contributed by atoms with E-state index in [2.05, 4.69) is 15.9 Å². The van der Waals surface area contributed by atoms with Crippen molar-refractivity contribution in [3.63, 3.8) is 0 Å². The Labute approximate surface area is 188 Å². The van der Waals surface area contributed by atoms with Crippen molar-refractivity contribution in [1.29, 1.82) is 0 Å². The van der Waals surface area contributed by atoms with E-state index in [9.17, 15) is 9.59 Å². The smallest absolute Gasteiger partial charge is 0.265 e. The number of carbonyl (C=O) groups is 1. The molecule has 0 aliphatic carbocycles. The molecule has 0 saturated carbocycles. The van der Waals surface area contributed by atoms with Gasteiger partial charge in [-0.25, -0.2) is 4.98 Å². The van der Waals surface area contributed by atoms with Crippen molar-refractivity contribution >= 4 is 38.4 Å². The highest BCUT2D eigenvalue weighted by atomic mass is 79.9. The Kier molecular flexibility index (Phi) is 4.94. The number of nitrogens with zero attached hydrogens (tertiary/aromatic N) is 3. The number of para-hydroxylation sites is 2. The molecule has 5 rings (SSSR count). The van der Waals surface area contributed by atoms with Crippen LogP contribution in [0.1, 0.15) is 24.2 Å². The monoisotopic (exact) mass is 473 g/mol. The molecule has 6 heteroatoms. The summed E-state index contributed by atoms with van der Waals surface area (Å²) >= 11 is 3.53. The van der Waals surface area contributed by atoms with Gasteiger partial charge < -0.3 is 4.90 Å². The quantitative estimate of drug-likeness (QED) is 0.426. The fourth-order valence-corrected chi connectivity index (χ4v) is 4.73. The number of hydrogen-bond acceptors (Lipinski definition) is 3. The van der Waals surface area contributed by atoms with Gasteiger partial charge in [-0.1, -0.05) is 46.3 Å². The minimum absolute atomic E-state index is 0.0395. The van der Waals surface area contributed by atoms with Gasteiger partial charge in [0.1, 0.15) is 5.82 Å². The van der Waals surface area contributed by atoms with Crippen LogP contribution in [0.2, 0.25) is 0 Å². The van der Waals surface area contributed by atoms with Crippen molar-refractivity contribution in [2.75, 3.05) is 11.4 Å². The first kappa shape index (κ1) is 19.7. The molecular formula is C25H20BrN3O2. The second-order valence-corrected chi connectivity index (χ2v) is 8.48. The van der Waals surface area contributed by atoms with Crippen LogP contribution in [-0.2, 0) is 11.2 Å². The Bertz CT molecular complexity index is 1360. The summed E-state index contributed by atoms with van der Waals surface area (Å²) in [5.41, 5.74) is 3.15. The predicted octanol–water partition coefficient (Wildman–Crippen LogP) is 4.84. The summed E-state index contributed by atoms with van der Waals surface area (Å²) in [7, 11) is 0. The number of likely N-dealkylation sites (N-methyl/N-ethyl adjacent to an activating group) is 1. The standard InChI is InChI=1S/C25H20BrN3O2/c1-2-28-22-13-12-16(26)14-19(22)20(24(28)30)15-23-27-21-11-7-6-10-18(21)25(31)29(23)17-8-4-3-5-9-17/h3-14,20H,2,15H2,1H3/t20-/m1/s1. The largest absolute Gasteiger partial charge is 0.312 e. The van der Waals surface area contributed by atoms with Crippen molar-refractivity contribution in [2.24, 2.45) is 0 Å². The zero-order chi connectivity index (χ0) is 21.5. The second kappa shape index (κ2) is 7.78. The van der Waals surface area contributed by atoms with E-state index in [-0.39, 0.29) is 11.5 Å². The predicted molar refractivity (Wildman–Crippen MR) is 126 cm³/mol. The van der Waals surface area contributed by atoms with E-state index in [0.29, 0.717) is 29.7 Å². The van der Waals surface area contributed by atoms with E-state index in [1.165, 1.54) is 0 Å². The molecule has 5 nitrogen and oxygen atoms in total. The molecule has 0 bridgehead atoms. The topological polar surface area (TPSA) is 55.2 Å². The average Bonchev–Trinajstić information content (AvgIpc) is 3.04. The number of halogens is 1. The maximum Gasteiger partial charge on any atom is 0.265 e. The van der Waals surface area contributed by atoms with E-state index < -0.39 is 5.92 Å². The highest BCUT2D eigenvalue weighted by molar-refractivity contribution is 9.10. The number of amides is 1. The third-order valence-corrected chi connectivity index (χ3v) is 6.28. The molecule has 0 saturated heterocycles. The molecule has 1 amide bonds. The minimum atomic E-state index is -0.393. The van der Waals surface area contributed by atoms with E-state index in [1.54, 1.807) is 15.5 Å². The van der Waals surface area contributed by atoms with Gasteiger partial charge >= 0.3 is 0 Å². The molecule has 0 radical (unpaired) electrons. The number of rotatable bonds is 4. The first-order valence-corrected chi connectivity index (χ1v) is 11.0. The van der Waals surface area contributed by atoms with Crippen LogP contribution in [0.4, 0.5) is 5.69 Å². The maximum atomic E-state index is 13.4. The van der Waals surface area contributed by atoms with Crippen LogP contribution in [0.25, 0.3) is 16.6 Å². The van der Waals surface area contributed by atoms with Gasteiger partial charge in [-0.15, -0.1) is 0 Å². The molecule has 154 valence electrons. The SMILES string of the molecule is CCN1C(=O)[C@H](Cc2nc3ccccc3c(=O)n2-c2ccccc2)c2cc(Br)ccc21. The highest BCUT2D eigenvalue weighted by Crippen LogP contribution is 2.40. The van der Waals surface area contributed by atoms with Gasteiger partial charge in [0.15, 0.2) is 0 Å². The number of anilines is 1. The number of hydrogen-bond donors (Lipinski definition) is 0. The molecule has 0 unspecified atom stereocenters. The van der Waals surface area contributed by atoms with Crippen LogP contribution in [-0.4, -0.2) is 22.0 Å². The van der Waals surface area contributed by atoms with Crippen LogP contribution in [0.5, 0.6) is 0 Å². The highest BCUT2D eigenvalue weighted by Gasteiger charge is 2.37. The Hall–Kier alpha value is -3.25. The molecule has 0 spiro atoms. The molecule has 3 aromatic carbocycles. The zero-order valence-electron chi connectivity index (χ0n) is 17.0. The Morgan fingerprint density at radius 1 is 0.968 bits per heavy atom. The molecule has 2 heterocycles. The molecule has 1 aliphatic rings. The summed E-state index contributed by atoms with van der Waals surface area (Å²) in [6.07, 6.45) is 0.341. The minimum Gasteiger partial charge on any atom is -0.312 e. The van der Waals surface area contributed by atoms with Gasteiger partial charge in [0.2, 0.25) is 5.91 Å². The van der Waals surface area contributed by atoms with E-state index in [0.717, 1.165) is 21.4 Å². The summed E-state index contributed by atoms with van der Waals surface area (Å²) in [5, 5.41) is 0.561. The zero-order valence-corrected chi connectivity index (χ0v) is 18.5. The van der Waals surface area contributed by atoms with Crippen molar-refractivity contribution in [3.05, 3.63) is 99.0 Å². The number of benzene rings is 3. The van der Waals surface area contributed by atoms with Crippen LogP contribution >= 0.6 is 15.9 Å². The summed E-state index contributed by atoms with van der Waals surface area (Å²) in [4.78, 5) is 33.4. The molecule has 0 N–H and O–H groups in total. The summed E-state index contributed by atoms with van der Waals surface area (Å²) in [5.74, 6) is 0.227. The Morgan fingerprint density at radius 2 is 1.71 bits per heavy atom. The van der Waals surface area contributed by atoms with Crippen molar-refractivity contribution in [1.82, 2.24) is 9.55 Å². The van der Waals surface area contributed by atoms with Gasteiger partial charge in [-0.2, -0.15) is 0 Å². The maximum absolute atomic E-state index is 13.4. The summed E-state index contributed by atoms with van der Waals surface area (Å²) in [6.45, 7) is 2.57. The average molecular weight is 474 g/mol. The van der Waals surface area contributed by atoms with Crippen LogP contribution in [0, 0.1) is 0 Å². The van der Waals surface area contributed by atoms with E-state index in [4.69, 9.17) is 4.98 Å². The first-order valence-electron chi connectivity index (χ1n) is 10.3. The third kappa shape index (κ3) is 3.27. The fraction of sp³-hybridized carbons (Fsp3) is 0.160. The van der Waals surface area contributed by atoms with Crippen molar-refractivity contribution < 1.29 is 4.79 Å². The van der Waals surface area contributed by atoms with Gasteiger partial charge in [0.25, 0.3) is 5.56 Å². The van der Waals surface area contributed by atoms with E-state index in [1.807, 2.05) is 73.7 Å². The molecule has 0 fully saturated rings. The van der Waals surface area contributed by atoms with Gasteiger partial charge in [0.05, 0.1) is 22.5 Å². The summed E-state index contributed by atoms with van der Waals surface area (Å²) in [6, 6.07) is 22.8. The number of fused-ring (bicyclic) bond motifs is 2. The molecule has 31 heavy (non-hydrogen) atoms.